The number of carbonyl (C=O) groups excluding carboxylic acids is 2. The van der Waals surface area contributed by atoms with Crippen molar-refractivity contribution < 1.29 is 23.8 Å². The highest BCUT2D eigenvalue weighted by molar-refractivity contribution is 6.08. The van der Waals surface area contributed by atoms with Crippen LogP contribution in [0, 0.1) is 0 Å². The highest BCUT2D eigenvalue weighted by Gasteiger charge is 2.16. The Bertz CT molecular complexity index is 1140. The van der Waals surface area contributed by atoms with Gasteiger partial charge in [-0.15, -0.1) is 0 Å². The Morgan fingerprint density at radius 3 is 2.44 bits per heavy atom. The summed E-state index contributed by atoms with van der Waals surface area (Å²) >= 11 is 0. The fraction of sp³-hybridized carbons (Fsp3) is 0.286. The molecule has 178 valence electrons. The highest BCUT2D eigenvalue weighted by atomic mass is 16.6. The summed E-state index contributed by atoms with van der Waals surface area (Å²) in [6, 6.07) is 18.4. The minimum atomic E-state index is -0.538. The van der Waals surface area contributed by atoms with Crippen LogP contribution in [0.5, 0.6) is 11.5 Å². The van der Waals surface area contributed by atoms with Crippen molar-refractivity contribution in [1.82, 2.24) is 4.57 Å². The van der Waals surface area contributed by atoms with Gasteiger partial charge in [-0.05, 0) is 81.3 Å². The number of rotatable bonds is 10. The number of hydrogen-bond acceptors (Lipinski definition) is 5. The molecule has 0 fully saturated rings. The van der Waals surface area contributed by atoms with Crippen molar-refractivity contribution in [2.75, 3.05) is 13.7 Å². The van der Waals surface area contributed by atoms with Gasteiger partial charge in [0.2, 0.25) is 5.78 Å². The number of ether oxygens (including phenoxy) is 3. The molecular weight excluding hydrogens is 430 g/mol. The molecule has 0 unspecified atom stereocenters. The molecule has 2 aromatic carbocycles. The zero-order valence-corrected chi connectivity index (χ0v) is 20.1. The Labute approximate surface area is 200 Å². The average molecular weight is 462 g/mol. The number of aryl methyl sites for hydroxylation is 1. The highest BCUT2D eigenvalue weighted by Crippen LogP contribution is 2.18. The maximum Gasteiger partial charge on any atom is 0.344 e. The molecule has 0 aliphatic carbocycles. The third kappa shape index (κ3) is 7.37. The number of esters is 1. The molecule has 0 spiro atoms. The van der Waals surface area contributed by atoms with E-state index in [0.29, 0.717) is 23.6 Å². The molecule has 6 heteroatoms. The van der Waals surface area contributed by atoms with Crippen LogP contribution in [0.15, 0.2) is 72.9 Å². The van der Waals surface area contributed by atoms with E-state index in [2.05, 4.69) is 6.08 Å². The summed E-state index contributed by atoms with van der Waals surface area (Å²) in [4.78, 5) is 24.7. The first kappa shape index (κ1) is 24.8. The van der Waals surface area contributed by atoms with Crippen molar-refractivity contribution in [2.45, 2.75) is 39.3 Å². The zero-order chi connectivity index (χ0) is 24.6. The van der Waals surface area contributed by atoms with Crippen LogP contribution >= 0.6 is 0 Å². The minimum absolute atomic E-state index is 0.0218. The van der Waals surface area contributed by atoms with Gasteiger partial charge in [0.1, 0.15) is 17.1 Å². The number of nitrogens with zero attached hydrogens (tertiary/aromatic N) is 1. The molecule has 0 bridgehead atoms. The summed E-state index contributed by atoms with van der Waals surface area (Å²) in [6.45, 7) is 6.00. The first-order valence-corrected chi connectivity index (χ1v) is 11.2. The molecular formula is C28H31NO5. The van der Waals surface area contributed by atoms with E-state index in [1.807, 2.05) is 67.9 Å². The Morgan fingerprint density at radius 1 is 0.971 bits per heavy atom. The first-order valence-electron chi connectivity index (χ1n) is 11.2. The molecule has 3 rings (SSSR count). The average Bonchev–Trinajstić information content (AvgIpc) is 3.28. The predicted molar refractivity (Wildman–Crippen MR) is 132 cm³/mol. The van der Waals surface area contributed by atoms with Crippen LogP contribution in [0.2, 0.25) is 0 Å². The topological polar surface area (TPSA) is 66.8 Å². The molecule has 3 aromatic rings. The second kappa shape index (κ2) is 11.4. The lowest BCUT2D eigenvalue weighted by Gasteiger charge is -2.19. The van der Waals surface area contributed by atoms with Gasteiger partial charge < -0.3 is 18.8 Å². The lowest BCUT2D eigenvalue weighted by Crippen LogP contribution is -2.27. The van der Waals surface area contributed by atoms with Gasteiger partial charge in [-0.1, -0.05) is 24.3 Å². The van der Waals surface area contributed by atoms with Crippen LogP contribution in [-0.4, -0.2) is 35.6 Å². The van der Waals surface area contributed by atoms with Gasteiger partial charge in [-0.25, -0.2) is 4.79 Å². The molecule has 0 radical (unpaired) electrons. The summed E-state index contributed by atoms with van der Waals surface area (Å²) < 4.78 is 17.9. The molecule has 1 heterocycles. The quantitative estimate of drug-likeness (QED) is 0.292. The fourth-order valence-electron chi connectivity index (χ4n) is 3.36. The number of carbonyl (C=O) groups is 2. The summed E-state index contributed by atoms with van der Waals surface area (Å²) in [5.74, 6) is 0.897. The minimum Gasteiger partial charge on any atom is -0.497 e. The van der Waals surface area contributed by atoms with Gasteiger partial charge in [0.15, 0.2) is 6.61 Å². The maximum atomic E-state index is 12.9. The molecule has 0 amide bonds. The van der Waals surface area contributed by atoms with Crippen molar-refractivity contribution in [3.63, 3.8) is 0 Å². The number of ketones is 1. The Balaban J connectivity index is 1.54. The zero-order valence-electron chi connectivity index (χ0n) is 20.1. The second-order valence-corrected chi connectivity index (χ2v) is 8.78. The van der Waals surface area contributed by atoms with Crippen LogP contribution in [0.3, 0.4) is 0 Å². The molecule has 0 aliphatic heterocycles. The van der Waals surface area contributed by atoms with E-state index in [4.69, 9.17) is 14.2 Å². The maximum absolute atomic E-state index is 12.9. The molecule has 1 aromatic heterocycles. The van der Waals surface area contributed by atoms with Crippen molar-refractivity contribution >= 4 is 17.8 Å². The number of methoxy groups -OCH3 is 1. The van der Waals surface area contributed by atoms with E-state index >= 15 is 0 Å². The standard InChI is InChI=1S/C28H31NO5/c1-28(2,3)34-26(30)20-33-24-11-7-10-21(19-24)9-5-6-17-29-18-8-12-25(29)27(31)22-13-15-23(32-4)16-14-22/h5,7-16,18-19H,6,17,20H2,1-4H3. The van der Waals surface area contributed by atoms with Crippen LogP contribution < -0.4 is 9.47 Å². The SMILES string of the molecule is COc1ccc(C(=O)c2cccn2CCC=Cc2cccc(OCC(=O)OC(C)(C)C)c2)cc1. The number of benzene rings is 2. The molecule has 0 N–H and O–H groups in total. The van der Waals surface area contributed by atoms with E-state index in [1.54, 1.807) is 37.4 Å². The lowest BCUT2D eigenvalue weighted by atomic mass is 10.1. The van der Waals surface area contributed by atoms with Gasteiger partial charge in [0.25, 0.3) is 0 Å². The van der Waals surface area contributed by atoms with Crippen LogP contribution in [0.1, 0.15) is 48.8 Å². The van der Waals surface area contributed by atoms with Crippen molar-refractivity contribution in [1.29, 1.82) is 0 Å². The normalized spacial score (nSPS) is 11.4. The van der Waals surface area contributed by atoms with E-state index in [1.165, 1.54) is 0 Å². The molecule has 0 aliphatic rings. The van der Waals surface area contributed by atoms with Crippen LogP contribution in [0.4, 0.5) is 0 Å². The van der Waals surface area contributed by atoms with Gasteiger partial charge in [-0.3, -0.25) is 4.79 Å². The van der Waals surface area contributed by atoms with Crippen molar-refractivity contribution in [3.8, 4) is 11.5 Å². The molecule has 0 saturated carbocycles. The lowest BCUT2D eigenvalue weighted by molar-refractivity contribution is -0.157. The Kier molecular flexibility index (Phi) is 8.30. The van der Waals surface area contributed by atoms with E-state index in [0.717, 1.165) is 17.7 Å². The van der Waals surface area contributed by atoms with Crippen molar-refractivity contribution in [2.24, 2.45) is 0 Å². The Hall–Kier alpha value is -3.80. The van der Waals surface area contributed by atoms with Crippen LogP contribution in [0.25, 0.3) is 6.08 Å². The third-order valence-corrected chi connectivity index (χ3v) is 4.90. The van der Waals surface area contributed by atoms with E-state index in [-0.39, 0.29) is 12.4 Å². The van der Waals surface area contributed by atoms with E-state index < -0.39 is 11.6 Å². The first-order chi connectivity index (χ1) is 16.2. The predicted octanol–water partition coefficient (Wildman–Crippen LogP) is 5.55. The summed E-state index contributed by atoms with van der Waals surface area (Å²) in [5.41, 5.74) is 1.70. The number of aromatic nitrogens is 1. The molecule has 34 heavy (non-hydrogen) atoms. The molecule has 0 atom stereocenters. The second-order valence-electron chi connectivity index (χ2n) is 8.78. The van der Waals surface area contributed by atoms with Gasteiger partial charge >= 0.3 is 5.97 Å². The third-order valence-electron chi connectivity index (χ3n) is 4.90. The Morgan fingerprint density at radius 2 is 1.74 bits per heavy atom. The summed E-state index contributed by atoms with van der Waals surface area (Å²) in [5, 5.41) is 0. The van der Waals surface area contributed by atoms with E-state index in [9.17, 15) is 9.59 Å². The fourth-order valence-corrected chi connectivity index (χ4v) is 3.36. The monoisotopic (exact) mass is 461 g/mol. The van der Waals surface area contributed by atoms with Gasteiger partial charge in [-0.2, -0.15) is 0 Å². The van der Waals surface area contributed by atoms with Gasteiger partial charge in [0.05, 0.1) is 12.8 Å². The largest absolute Gasteiger partial charge is 0.497 e. The molecule has 0 saturated heterocycles. The smallest absolute Gasteiger partial charge is 0.344 e. The number of hydrogen-bond donors (Lipinski definition) is 0. The van der Waals surface area contributed by atoms with Crippen molar-refractivity contribution in [3.05, 3.63) is 89.8 Å². The molecule has 6 nitrogen and oxygen atoms in total. The van der Waals surface area contributed by atoms with Gasteiger partial charge in [0, 0.05) is 18.3 Å². The summed E-state index contributed by atoms with van der Waals surface area (Å²) in [6.07, 6.45) is 6.71. The van der Waals surface area contributed by atoms with Crippen LogP contribution in [-0.2, 0) is 16.1 Å². The number of allylic oxidation sites excluding steroid dienone is 1. The summed E-state index contributed by atoms with van der Waals surface area (Å²) in [7, 11) is 1.60.